The number of hydrogen-bond acceptors (Lipinski definition) is 2. The minimum atomic E-state index is 0.261. The van der Waals surface area contributed by atoms with Crippen LogP contribution in [0, 0.1) is 0 Å². The Morgan fingerprint density at radius 1 is 0.938 bits per heavy atom. The Kier molecular flexibility index (Phi) is 2.07. The van der Waals surface area contributed by atoms with Gasteiger partial charge in [0.2, 0.25) is 0 Å². The van der Waals surface area contributed by atoms with Gasteiger partial charge in [0.1, 0.15) is 5.75 Å². The van der Waals surface area contributed by atoms with Crippen molar-refractivity contribution >= 4 is 5.69 Å². The molecule has 0 fully saturated rings. The van der Waals surface area contributed by atoms with Crippen LogP contribution in [-0.2, 0) is 0 Å². The first-order chi connectivity index (χ1) is 7.86. The molecule has 0 saturated carbocycles. The van der Waals surface area contributed by atoms with Crippen molar-refractivity contribution in [3.05, 3.63) is 59.7 Å². The van der Waals surface area contributed by atoms with Gasteiger partial charge in [0.25, 0.3) is 0 Å². The van der Waals surface area contributed by atoms with Crippen LogP contribution in [0.3, 0.4) is 0 Å². The standard InChI is InChI=1S/C14H13NO/c16-14-8-4-2-6-11(14)12-9-15-13-7-3-1-5-10(12)13/h1-8,12,15-16H,9H2. The van der Waals surface area contributed by atoms with Crippen molar-refractivity contribution in [2.75, 3.05) is 11.9 Å². The molecule has 80 valence electrons. The van der Waals surface area contributed by atoms with E-state index in [1.165, 1.54) is 11.3 Å². The van der Waals surface area contributed by atoms with Crippen LogP contribution in [-0.4, -0.2) is 11.7 Å². The van der Waals surface area contributed by atoms with Gasteiger partial charge in [0.15, 0.2) is 0 Å². The molecule has 0 spiro atoms. The lowest BCUT2D eigenvalue weighted by molar-refractivity contribution is 0.466. The van der Waals surface area contributed by atoms with Crippen LogP contribution in [0.1, 0.15) is 17.0 Å². The number of fused-ring (bicyclic) bond motifs is 1. The fraction of sp³-hybridized carbons (Fsp3) is 0.143. The summed E-state index contributed by atoms with van der Waals surface area (Å²) in [4.78, 5) is 0. The Labute approximate surface area is 94.6 Å². The highest BCUT2D eigenvalue weighted by atomic mass is 16.3. The Bertz CT molecular complexity index is 522. The Morgan fingerprint density at radius 2 is 1.62 bits per heavy atom. The molecule has 0 saturated heterocycles. The van der Waals surface area contributed by atoms with Crippen molar-refractivity contribution in [2.45, 2.75) is 5.92 Å². The van der Waals surface area contributed by atoms with Crippen LogP contribution in [0.2, 0.25) is 0 Å². The van der Waals surface area contributed by atoms with Crippen LogP contribution in [0.5, 0.6) is 5.75 Å². The van der Waals surface area contributed by atoms with Gasteiger partial charge in [-0.15, -0.1) is 0 Å². The van der Waals surface area contributed by atoms with Gasteiger partial charge in [-0.25, -0.2) is 0 Å². The number of para-hydroxylation sites is 2. The summed E-state index contributed by atoms with van der Waals surface area (Å²) in [6.07, 6.45) is 0. The van der Waals surface area contributed by atoms with Crippen molar-refractivity contribution in [1.82, 2.24) is 0 Å². The van der Waals surface area contributed by atoms with Crippen LogP contribution in [0.4, 0.5) is 5.69 Å². The van der Waals surface area contributed by atoms with Gasteiger partial charge in [0.05, 0.1) is 0 Å². The lowest BCUT2D eigenvalue weighted by Crippen LogP contribution is -2.03. The van der Waals surface area contributed by atoms with Gasteiger partial charge < -0.3 is 10.4 Å². The summed E-state index contributed by atoms with van der Waals surface area (Å²) >= 11 is 0. The van der Waals surface area contributed by atoms with Crippen molar-refractivity contribution in [1.29, 1.82) is 0 Å². The first kappa shape index (κ1) is 9.28. The molecule has 3 rings (SSSR count). The summed E-state index contributed by atoms with van der Waals surface area (Å²) in [5.41, 5.74) is 3.44. The molecule has 0 aromatic heterocycles. The fourth-order valence-corrected chi connectivity index (χ4v) is 2.34. The average Bonchev–Trinajstić information content (AvgIpc) is 2.74. The van der Waals surface area contributed by atoms with Gasteiger partial charge in [-0.3, -0.25) is 0 Å². The molecule has 1 aliphatic rings. The summed E-state index contributed by atoms with van der Waals surface area (Å²) in [5, 5.41) is 13.2. The predicted molar refractivity (Wildman–Crippen MR) is 64.9 cm³/mol. The molecule has 1 unspecified atom stereocenters. The zero-order valence-corrected chi connectivity index (χ0v) is 8.85. The molecule has 2 heteroatoms. The highest BCUT2D eigenvalue weighted by Crippen LogP contribution is 2.38. The zero-order chi connectivity index (χ0) is 11.0. The zero-order valence-electron chi connectivity index (χ0n) is 8.85. The first-order valence-electron chi connectivity index (χ1n) is 5.47. The third-order valence-electron chi connectivity index (χ3n) is 3.15. The molecule has 1 aliphatic heterocycles. The maximum atomic E-state index is 9.87. The monoisotopic (exact) mass is 211 g/mol. The smallest absolute Gasteiger partial charge is 0.119 e. The van der Waals surface area contributed by atoms with Gasteiger partial charge in [-0.2, -0.15) is 0 Å². The normalized spacial score (nSPS) is 17.9. The van der Waals surface area contributed by atoms with Gasteiger partial charge >= 0.3 is 0 Å². The average molecular weight is 211 g/mol. The molecule has 0 aliphatic carbocycles. The Hall–Kier alpha value is -1.96. The molecule has 1 atom stereocenters. The van der Waals surface area contributed by atoms with E-state index in [4.69, 9.17) is 0 Å². The summed E-state index contributed by atoms with van der Waals surface area (Å²) in [6, 6.07) is 15.8. The van der Waals surface area contributed by atoms with Crippen molar-refractivity contribution in [3.8, 4) is 5.75 Å². The predicted octanol–water partition coefficient (Wildman–Crippen LogP) is 2.95. The summed E-state index contributed by atoms with van der Waals surface area (Å²) in [5.74, 6) is 0.642. The highest BCUT2D eigenvalue weighted by molar-refractivity contribution is 5.61. The summed E-state index contributed by atoms with van der Waals surface area (Å²) < 4.78 is 0. The molecule has 0 amide bonds. The Morgan fingerprint density at radius 3 is 2.44 bits per heavy atom. The molecule has 2 N–H and O–H groups in total. The molecular formula is C14H13NO. The largest absolute Gasteiger partial charge is 0.508 e. The maximum absolute atomic E-state index is 9.87. The van der Waals surface area contributed by atoms with E-state index in [1.807, 2.05) is 30.3 Å². The minimum absolute atomic E-state index is 0.261. The van der Waals surface area contributed by atoms with E-state index in [0.29, 0.717) is 5.75 Å². The first-order valence-corrected chi connectivity index (χ1v) is 5.47. The quantitative estimate of drug-likeness (QED) is 0.760. The number of benzene rings is 2. The second-order valence-electron chi connectivity index (χ2n) is 4.08. The lowest BCUT2D eigenvalue weighted by Gasteiger charge is -2.12. The minimum Gasteiger partial charge on any atom is -0.508 e. The lowest BCUT2D eigenvalue weighted by atomic mass is 9.92. The van der Waals surface area contributed by atoms with E-state index in [-0.39, 0.29) is 5.92 Å². The number of phenols is 1. The number of hydrogen-bond donors (Lipinski definition) is 2. The van der Waals surface area contributed by atoms with Crippen LogP contribution in [0.15, 0.2) is 48.5 Å². The van der Waals surface area contributed by atoms with Gasteiger partial charge in [-0.05, 0) is 17.7 Å². The van der Waals surface area contributed by atoms with Gasteiger partial charge in [0, 0.05) is 23.7 Å². The van der Waals surface area contributed by atoms with Crippen LogP contribution >= 0.6 is 0 Å². The van der Waals surface area contributed by atoms with Crippen LogP contribution < -0.4 is 5.32 Å². The summed E-state index contributed by atoms with van der Waals surface area (Å²) in [6.45, 7) is 0.858. The van der Waals surface area contributed by atoms with Crippen molar-refractivity contribution < 1.29 is 5.11 Å². The molecule has 2 aromatic carbocycles. The molecule has 2 nitrogen and oxygen atoms in total. The van der Waals surface area contributed by atoms with Crippen molar-refractivity contribution in [3.63, 3.8) is 0 Å². The number of phenolic OH excluding ortho intramolecular Hbond substituents is 1. The topological polar surface area (TPSA) is 32.3 Å². The molecule has 16 heavy (non-hydrogen) atoms. The number of nitrogens with one attached hydrogen (secondary N) is 1. The molecular weight excluding hydrogens is 198 g/mol. The van der Waals surface area contributed by atoms with E-state index in [0.717, 1.165) is 12.1 Å². The van der Waals surface area contributed by atoms with Gasteiger partial charge in [-0.1, -0.05) is 36.4 Å². The number of anilines is 1. The van der Waals surface area contributed by atoms with E-state index >= 15 is 0 Å². The molecule has 0 bridgehead atoms. The third kappa shape index (κ3) is 1.34. The van der Waals surface area contributed by atoms with Crippen LogP contribution in [0.25, 0.3) is 0 Å². The van der Waals surface area contributed by atoms with E-state index in [2.05, 4.69) is 17.4 Å². The fourth-order valence-electron chi connectivity index (χ4n) is 2.34. The van der Waals surface area contributed by atoms with Crippen molar-refractivity contribution in [2.24, 2.45) is 0 Å². The van der Waals surface area contributed by atoms with E-state index < -0.39 is 0 Å². The second-order valence-corrected chi connectivity index (χ2v) is 4.08. The molecule has 1 heterocycles. The number of aromatic hydroxyl groups is 1. The van der Waals surface area contributed by atoms with E-state index in [1.54, 1.807) is 6.07 Å². The number of rotatable bonds is 1. The summed E-state index contributed by atoms with van der Waals surface area (Å²) in [7, 11) is 0. The molecule has 0 radical (unpaired) electrons. The maximum Gasteiger partial charge on any atom is 0.119 e. The SMILES string of the molecule is Oc1ccccc1C1CNc2ccccc21. The second kappa shape index (κ2) is 3.56. The Balaban J connectivity index is 2.08. The van der Waals surface area contributed by atoms with E-state index in [9.17, 15) is 5.11 Å². The third-order valence-corrected chi connectivity index (χ3v) is 3.15. The highest BCUT2D eigenvalue weighted by Gasteiger charge is 2.24. The molecule has 2 aromatic rings.